The quantitative estimate of drug-likeness (QED) is 0.883. The van der Waals surface area contributed by atoms with Crippen LogP contribution in [0.4, 0.5) is 4.79 Å². The summed E-state index contributed by atoms with van der Waals surface area (Å²) in [6.07, 6.45) is -0.223. The minimum absolute atomic E-state index is 0.0423. The van der Waals surface area contributed by atoms with Crippen molar-refractivity contribution in [1.82, 2.24) is 4.90 Å². The van der Waals surface area contributed by atoms with E-state index < -0.39 is 12.2 Å². The number of benzene rings is 1. The van der Waals surface area contributed by atoms with Gasteiger partial charge in [0.15, 0.2) is 0 Å². The van der Waals surface area contributed by atoms with Crippen molar-refractivity contribution in [3.05, 3.63) is 35.9 Å². The molecule has 2 aliphatic carbocycles. The number of nitrogens with zero attached hydrogens (tertiary/aromatic N) is 1. The van der Waals surface area contributed by atoms with E-state index in [0.29, 0.717) is 0 Å². The fourth-order valence-electron chi connectivity index (χ4n) is 3.67. The Morgan fingerprint density at radius 2 is 1.95 bits per heavy atom. The molecule has 0 aromatic heterocycles. The first kappa shape index (κ1) is 14.4. The number of hydrogen-bond donors (Lipinski definition) is 2. The lowest BCUT2D eigenvalue weighted by molar-refractivity contribution is -0.0416. The van der Waals surface area contributed by atoms with Crippen molar-refractivity contribution in [1.29, 1.82) is 0 Å². The third kappa shape index (κ3) is 2.63. The molecular weight excluding hydrogens is 270 g/mol. The number of rotatable bonds is 3. The Balaban J connectivity index is 1.56. The highest BCUT2D eigenvalue weighted by molar-refractivity contribution is 5.67. The van der Waals surface area contributed by atoms with Gasteiger partial charge in [0, 0.05) is 19.0 Å². The van der Waals surface area contributed by atoms with E-state index in [1.165, 1.54) is 0 Å². The second-order valence-corrected chi connectivity index (χ2v) is 6.09. The molecule has 2 fully saturated rings. The summed E-state index contributed by atoms with van der Waals surface area (Å²) >= 11 is 0. The minimum atomic E-state index is -0.724. The van der Waals surface area contributed by atoms with Crippen LogP contribution in [0, 0.1) is 11.8 Å². The first-order valence-corrected chi connectivity index (χ1v) is 7.37. The smallest absolute Gasteiger partial charge is 0.410 e. The molecule has 3 rings (SSSR count). The van der Waals surface area contributed by atoms with Gasteiger partial charge in [-0.15, -0.1) is 0 Å². The highest BCUT2D eigenvalue weighted by atomic mass is 16.6. The van der Waals surface area contributed by atoms with Gasteiger partial charge in [0.05, 0.1) is 12.2 Å². The summed E-state index contributed by atoms with van der Waals surface area (Å²) in [5.41, 5.74) is 0.947. The predicted octanol–water partition coefficient (Wildman–Crippen LogP) is 1.39. The van der Waals surface area contributed by atoms with Gasteiger partial charge in [0.2, 0.25) is 0 Å². The van der Waals surface area contributed by atoms with Gasteiger partial charge in [-0.1, -0.05) is 30.3 Å². The van der Waals surface area contributed by atoms with E-state index in [-0.39, 0.29) is 30.6 Å². The Labute approximate surface area is 124 Å². The Bertz CT molecular complexity index is 504. The zero-order valence-electron chi connectivity index (χ0n) is 12.1. The number of hydrogen-bond acceptors (Lipinski definition) is 4. The molecule has 2 bridgehead atoms. The number of carbonyl (C=O) groups is 1. The van der Waals surface area contributed by atoms with E-state index in [9.17, 15) is 15.0 Å². The summed E-state index contributed by atoms with van der Waals surface area (Å²) in [5, 5.41) is 19.8. The second kappa shape index (κ2) is 5.66. The van der Waals surface area contributed by atoms with E-state index >= 15 is 0 Å². The Morgan fingerprint density at radius 3 is 2.57 bits per heavy atom. The molecule has 21 heavy (non-hydrogen) atoms. The molecule has 1 aromatic carbocycles. The largest absolute Gasteiger partial charge is 0.445 e. The number of ether oxygens (including phenoxy) is 1. The summed E-state index contributed by atoms with van der Waals surface area (Å²) in [5.74, 6) is 0.0543. The molecule has 2 N–H and O–H groups in total. The van der Waals surface area contributed by atoms with E-state index in [1.807, 2.05) is 30.3 Å². The molecule has 2 aliphatic rings. The molecular formula is C16H21NO4. The Morgan fingerprint density at radius 1 is 1.24 bits per heavy atom. The summed E-state index contributed by atoms with van der Waals surface area (Å²) in [6.45, 7) is 0.246. The fraction of sp³-hybridized carbons (Fsp3) is 0.562. The van der Waals surface area contributed by atoms with Crippen LogP contribution in [0.25, 0.3) is 0 Å². The van der Waals surface area contributed by atoms with E-state index in [4.69, 9.17) is 4.74 Å². The van der Waals surface area contributed by atoms with Crippen LogP contribution in [-0.2, 0) is 11.3 Å². The van der Waals surface area contributed by atoms with Gasteiger partial charge >= 0.3 is 6.09 Å². The molecule has 2 saturated carbocycles. The normalized spacial score (nSPS) is 34.0. The second-order valence-electron chi connectivity index (χ2n) is 6.09. The number of carbonyl (C=O) groups excluding carboxylic acids is 1. The lowest BCUT2D eigenvalue weighted by Crippen LogP contribution is -2.48. The summed E-state index contributed by atoms with van der Waals surface area (Å²) in [7, 11) is 1.71. The summed E-state index contributed by atoms with van der Waals surface area (Å²) < 4.78 is 5.31. The van der Waals surface area contributed by atoms with Crippen LogP contribution in [0.5, 0.6) is 0 Å². The third-order valence-corrected chi connectivity index (χ3v) is 4.88. The molecule has 5 atom stereocenters. The molecule has 1 amide bonds. The van der Waals surface area contributed by atoms with Crippen molar-refractivity contribution in [2.45, 2.75) is 37.7 Å². The van der Waals surface area contributed by atoms with Crippen molar-refractivity contribution < 1.29 is 19.7 Å². The Kier molecular flexibility index (Phi) is 3.87. The van der Waals surface area contributed by atoms with Gasteiger partial charge in [-0.05, 0) is 24.3 Å². The van der Waals surface area contributed by atoms with Crippen molar-refractivity contribution in [3.63, 3.8) is 0 Å². The van der Waals surface area contributed by atoms with Crippen molar-refractivity contribution in [2.24, 2.45) is 11.8 Å². The van der Waals surface area contributed by atoms with Gasteiger partial charge in [-0.3, -0.25) is 0 Å². The Hall–Kier alpha value is -1.59. The minimum Gasteiger partial charge on any atom is -0.445 e. The van der Waals surface area contributed by atoms with Gasteiger partial charge in [-0.25, -0.2) is 4.79 Å². The zero-order chi connectivity index (χ0) is 15.0. The number of aliphatic hydroxyl groups excluding tert-OH is 2. The molecule has 0 spiro atoms. The van der Waals surface area contributed by atoms with Crippen LogP contribution < -0.4 is 0 Å². The fourth-order valence-corrected chi connectivity index (χ4v) is 3.67. The van der Waals surface area contributed by atoms with Gasteiger partial charge in [-0.2, -0.15) is 0 Å². The van der Waals surface area contributed by atoms with Crippen LogP contribution in [0.2, 0.25) is 0 Å². The molecule has 114 valence electrons. The van der Waals surface area contributed by atoms with E-state index in [0.717, 1.165) is 18.4 Å². The molecule has 0 heterocycles. The third-order valence-electron chi connectivity index (χ3n) is 4.88. The molecule has 0 radical (unpaired) electrons. The lowest BCUT2D eigenvalue weighted by Gasteiger charge is -2.35. The van der Waals surface area contributed by atoms with Crippen molar-refractivity contribution in [3.8, 4) is 0 Å². The topological polar surface area (TPSA) is 70.0 Å². The van der Waals surface area contributed by atoms with Crippen molar-refractivity contribution in [2.75, 3.05) is 7.05 Å². The first-order chi connectivity index (χ1) is 10.1. The molecule has 5 heteroatoms. The van der Waals surface area contributed by atoms with Crippen LogP contribution in [0.1, 0.15) is 18.4 Å². The van der Waals surface area contributed by atoms with Crippen LogP contribution in [0.15, 0.2) is 30.3 Å². The van der Waals surface area contributed by atoms with Crippen LogP contribution >= 0.6 is 0 Å². The van der Waals surface area contributed by atoms with Gasteiger partial charge in [0.1, 0.15) is 6.61 Å². The molecule has 0 aliphatic heterocycles. The average Bonchev–Trinajstić information content (AvgIpc) is 3.06. The maximum Gasteiger partial charge on any atom is 0.410 e. The summed E-state index contributed by atoms with van der Waals surface area (Å²) in [6, 6.07) is 9.49. The number of fused-ring (bicyclic) bond motifs is 2. The molecule has 1 aromatic rings. The monoisotopic (exact) mass is 291 g/mol. The highest BCUT2D eigenvalue weighted by Gasteiger charge is 2.53. The molecule has 5 nitrogen and oxygen atoms in total. The van der Waals surface area contributed by atoms with E-state index in [1.54, 1.807) is 11.9 Å². The highest BCUT2D eigenvalue weighted by Crippen LogP contribution is 2.46. The van der Waals surface area contributed by atoms with Gasteiger partial charge < -0.3 is 19.8 Å². The SMILES string of the molecule is CN(C(=O)OCc1ccccc1)[C@@H]1C[C@H]2C[C@@H]1[C@H](O)C2O. The standard InChI is InChI=1S/C16H21NO4/c1-17(13-8-11-7-12(13)15(19)14(11)18)16(20)21-9-10-5-3-2-4-6-10/h2-6,11-15,18-19H,7-9H2,1H3/t11-,12+,13-,14?,15+/m1/s1. The van der Waals surface area contributed by atoms with Gasteiger partial charge in [0.25, 0.3) is 0 Å². The maximum absolute atomic E-state index is 12.1. The maximum atomic E-state index is 12.1. The molecule has 1 unspecified atom stereocenters. The summed E-state index contributed by atoms with van der Waals surface area (Å²) in [4.78, 5) is 13.7. The molecule has 0 saturated heterocycles. The lowest BCUT2D eigenvalue weighted by atomic mass is 9.90. The van der Waals surface area contributed by atoms with E-state index in [2.05, 4.69) is 0 Å². The van der Waals surface area contributed by atoms with Crippen molar-refractivity contribution >= 4 is 6.09 Å². The number of amides is 1. The number of aliphatic hydroxyl groups is 2. The van der Waals surface area contributed by atoms with Crippen LogP contribution in [0.3, 0.4) is 0 Å². The predicted molar refractivity (Wildman–Crippen MR) is 76.4 cm³/mol. The zero-order valence-corrected chi connectivity index (χ0v) is 12.1. The first-order valence-electron chi connectivity index (χ1n) is 7.37. The van der Waals surface area contributed by atoms with Crippen LogP contribution in [-0.4, -0.2) is 46.5 Å². The average molecular weight is 291 g/mol.